The average Bonchev–Trinajstić information content (AvgIpc) is 2.58. The van der Waals surface area contributed by atoms with E-state index in [0.29, 0.717) is 17.5 Å². The highest BCUT2D eigenvalue weighted by molar-refractivity contribution is 6.30. The molecule has 1 aromatic carbocycles. The largest absolute Gasteiger partial charge is 0.340 e. The van der Waals surface area contributed by atoms with Crippen molar-refractivity contribution in [3.05, 3.63) is 47.2 Å². The van der Waals surface area contributed by atoms with E-state index in [1.54, 1.807) is 24.5 Å². The number of hydrogen-bond acceptors (Lipinski definition) is 4. The fourth-order valence-corrected chi connectivity index (χ4v) is 3.06. The quantitative estimate of drug-likeness (QED) is 0.938. The lowest BCUT2D eigenvalue weighted by atomic mass is 9.97. The zero-order valence-corrected chi connectivity index (χ0v) is 13.8. The van der Waals surface area contributed by atoms with Gasteiger partial charge < -0.3 is 10.2 Å². The van der Waals surface area contributed by atoms with Crippen LogP contribution in [-0.4, -0.2) is 29.0 Å². The van der Waals surface area contributed by atoms with E-state index in [9.17, 15) is 4.79 Å². The van der Waals surface area contributed by atoms with Gasteiger partial charge in [-0.1, -0.05) is 11.6 Å². The number of rotatable bonds is 3. The molecule has 1 saturated heterocycles. The van der Waals surface area contributed by atoms with Crippen LogP contribution in [0.2, 0.25) is 5.02 Å². The lowest BCUT2D eigenvalue weighted by Crippen LogP contribution is -2.41. The second kappa shape index (κ2) is 6.96. The van der Waals surface area contributed by atoms with Crippen molar-refractivity contribution >= 4 is 29.1 Å². The van der Waals surface area contributed by atoms with Gasteiger partial charge in [-0.25, -0.2) is 9.97 Å². The molecular formula is C17H19ClN4O. The van der Waals surface area contributed by atoms with Crippen LogP contribution >= 0.6 is 11.6 Å². The molecule has 0 saturated carbocycles. The number of amides is 1. The molecule has 1 fully saturated rings. The molecule has 1 aliphatic heterocycles. The molecule has 0 aliphatic carbocycles. The number of anilines is 2. The number of hydrogen-bond donors (Lipinski definition) is 1. The zero-order chi connectivity index (χ0) is 16.2. The predicted octanol–water partition coefficient (Wildman–Crippen LogP) is 3.29. The Bertz CT molecular complexity index is 692. The molecule has 1 atom stereocenters. The summed E-state index contributed by atoms with van der Waals surface area (Å²) in [6.07, 6.45) is 5.28. The van der Waals surface area contributed by atoms with Gasteiger partial charge in [0.05, 0.1) is 5.92 Å². The Kier molecular flexibility index (Phi) is 4.76. The molecule has 0 spiro atoms. The van der Waals surface area contributed by atoms with Gasteiger partial charge in [-0.3, -0.25) is 4.79 Å². The van der Waals surface area contributed by atoms with E-state index < -0.39 is 0 Å². The molecule has 23 heavy (non-hydrogen) atoms. The van der Waals surface area contributed by atoms with E-state index in [0.717, 1.165) is 30.6 Å². The van der Waals surface area contributed by atoms with Crippen molar-refractivity contribution in [1.82, 2.24) is 9.97 Å². The first-order valence-corrected chi connectivity index (χ1v) is 8.10. The van der Waals surface area contributed by atoms with Crippen LogP contribution in [0.3, 0.4) is 0 Å². The summed E-state index contributed by atoms with van der Waals surface area (Å²) in [5.74, 6) is 0.659. The van der Waals surface area contributed by atoms with Crippen molar-refractivity contribution in [2.45, 2.75) is 19.8 Å². The number of piperidine rings is 1. The second-order valence-electron chi connectivity index (χ2n) is 5.78. The molecule has 1 N–H and O–H groups in total. The summed E-state index contributed by atoms with van der Waals surface area (Å²) in [5.41, 5.74) is 1.78. The Balaban J connectivity index is 1.67. The number of aromatic nitrogens is 2. The lowest BCUT2D eigenvalue weighted by Gasteiger charge is -2.32. The maximum atomic E-state index is 12.6. The highest BCUT2D eigenvalue weighted by Gasteiger charge is 2.27. The Labute approximate surface area is 140 Å². The van der Waals surface area contributed by atoms with E-state index >= 15 is 0 Å². The zero-order valence-electron chi connectivity index (χ0n) is 13.0. The van der Waals surface area contributed by atoms with Gasteiger partial charge in [0, 0.05) is 36.2 Å². The Hall–Kier alpha value is -2.14. The molecule has 2 heterocycles. The van der Waals surface area contributed by atoms with Crippen molar-refractivity contribution < 1.29 is 4.79 Å². The molecule has 3 rings (SSSR count). The van der Waals surface area contributed by atoms with Gasteiger partial charge in [0.1, 0.15) is 0 Å². The Morgan fingerprint density at radius 1 is 1.35 bits per heavy atom. The first-order valence-electron chi connectivity index (χ1n) is 7.72. The smallest absolute Gasteiger partial charge is 0.229 e. The van der Waals surface area contributed by atoms with E-state index in [2.05, 4.69) is 20.2 Å². The summed E-state index contributed by atoms with van der Waals surface area (Å²) < 4.78 is 0. The predicted molar refractivity (Wildman–Crippen MR) is 91.8 cm³/mol. The molecule has 1 aliphatic rings. The van der Waals surface area contributed by atoms with Gasteiger partial charge in [-0.05, 0) is 49.6 Å². The second-order valence-corrected chi connectivity index (χ2v) is 6.22. The van der Waals surface area contributed by atoms with Crippen LogP contribution in [-0.2, 0) is 4.79 Å². The summed E-state index contributed by atoms with van der Waals surface area (Å²) in [6.45, 7) is 3.46. The molecule has 1 aromatic heterocycles. The van der Waals surface area contributed by atoms with Crippen LogP contribution in [0.15, 0.2) is 36.7 Å². The maximum absolute atomic E-state index is 12.6. The Morgan fingerprint density at radius 3 is 2.87 bits per heavy atom. The number of nitrogens with one attached hydrogen (secondary N) is 1. The minimum atomic E-state index is -0.0670. The third-order valence-corrected chi connectivity index (χ3v) is 4.31. The third-order valence-electron chi connectivity index (χ3n) is 4.07. The van der Waals surface area contributed by atoms with Crippen LogP contribution in [0.1, 0.15) is 18.4 Å². The maximum Gasteiger partial charge on any atom is 0.229 e. The number of nitrogens with zero attached hydrogens (tertiary/aromatic N) is 3. The van der Waals surface area contributed by atoms with Crippen LogP contribution in [0, 0.1) is 12.8 Å². The molecule has 5 nitrogen and oxygen atoms in total. The number of halogens is 1. The molecule has 2 aromatic rings. The summed E-state index contributed by atoms with van der Waals surface area (Å²) in [6, 6.07) is 7.27. The van der Waals surface area contributed by atoms with Crippen LogP contribution in [0.4, 0.5) is 11.6 Å². The standard InChI is InChI=1S/C17H19ClN4O/c1-12-10-14(18)5-6-15(12)21-16(23)13-4-2-9-22(11-13)17-19-7-3-8-20-17/h3,5-8,10,13H,2,4,9,11H2,1H3,(H,21,23). The fourth-order valence-electron chi connectivity index (χ4n) is 2.83. The fraction of sp³-hybridized carbons (Fsp3) is 0.353. The molecule has 1 amide bonds. The highest BCUT2D eigenvalue weighted by Crippen LogP contribution is 2.24. The van der Waals surface area contributed by atoms with Gasteiger partial charge in [-0.2, -0.15) is 0 Å². The molecule has 1 unspecified atom stereocenters. The molecule has 120 valence electrons. The van der Waals surface area contributed by atoms with Crippen LogP contribution in [0.5, 0.6) is 0 Å². The molecule has 6 heteroatoms. The van der Waals surface area contributed by atoms with Crippen molar-refractivity contribution in [2.24, 2.45) is 5.92 Å². The Morgan fingerprint density at radius 2 is 2.13 bits per heavy atom. The van der Waals surface area contributed by atoms with Gasteiger partial charge >= 0.3 is 0 Å². The molecular weight excluding hydrogens is 312 g/mol. The first-order chi connectivity index (χ1) is 11.1. The summed E-state index contributed by atoms with van der Waals surface area (Å²) in [7, 11) is 0. The normalized spacial score (nSPS) is 17.8. The van der Waals surface area contributed by atoms with Gasteiger partial charge in [0.2, 0.25) is 11.9 Å². The van der Waals surface area contributed by atoms with Crippen molar-refractivity contribution in [3.63, 3.8) is 0 Å². The monoisotopic (exact) mass is 330 g/mol. The summed E-state index contributed by atoms with van der Waals surface area (Å²) in [4.78, 5) is 23.2. The average molecular weight is 331 g/mol. The number of benzene rings is 1. The van der Waals surface area contributed by atoms with Crippen LogP contribution in [0.25, 0.3) is 0 Å². The van der Waals surface area contributed by atoms with E-state index in [1.807, 2.05) is 19.1 Å². The minimum absolute atomic E-state index is 0.0380. The van der Waals surface area contributed by atoms with Gasteiger partial charge in [-0.15, -0.1) is 0 Å². The topological polar surface area (TPSA) is 58.1 Å². The van der Waals surface area contributed by atoms with E-state index in [4.69, 9.17) is 11.6 Å². The minimum Gasteiger partial charge on any atom is -0.340 e. The lowest BCUT2D eigenvalue weighted by molar-refractivity contribution is -0.120. The van der Waals surface area contributed by atoms with Crippen molar-refractivity contribution in [1.29, 1.82) is 0 Å². The highest BCUT2D eigenvalue weighted by atomic mass is 35.5. The third kappa shape index (κ3) is 3.79. The SMILES string of the molecule is Cc1cc(Cl)ccc1NC(=O)C1CCCN(c2ncccn2)C1. The van der Waals surface area contributed by atoms with Gasteiger partial charge in [0.25, 0.3) is 0 Å². The van der Waals surface area contributed by atoms with E-state index in [-0.39, 0.29) is 11.8 Å². The summed E-state index contributed by atoms with van der Waals surface area (Å²) >= 11 is 5.96. The van der Waals surface area contributed by atoms with Crippen molar-refractivity contribution in [2.75, 3.05) is 23.3 Å². The number of carbonyl (C=O) groups is 1. The van der Waals surface area contributed by atoms with E-state index in [1.165, 1.54) is 0 Å². The number of carbonyl (C=O) groups excluding carboxylic acids is 1. The van der Waals surface area contributed by atoms with Crippen LogP contribution < -0.4 is 10.2 Å². The van der Waals surface area contributed by atoms with Gasteiger partial charge in [0.15, 0.2) is 0 Å². The number of aryl methyl sites for hydroxylation is 1. The molecule has 0 bridgehead atoms. The summed E-state index contributed by atoms with van der Waals surface area (Å²) in [5, 5.41) is 3.69. The van der Waals surface area contributed by atoms with Crippen molar-refractivity contribution in [3.8, 4) is 0 Å². The molecule has 0 radical (unpaired) electrons. The first kappa shape index (κ1) is 15.7.